The molecular weight excluding hydrogens is 310 g/mol. The summed E-state index contributed by atoms with van der Waals surface area (Å²) in [5.41, 5.74) is 1.22. The Hall–Kier alpha value is -2.57. The van der Waals surface area contributed by atoms with Crippen molar-refractivity contribution in [3.8, 4) is 5.75 Å². The predicted octanol–water partition coefficient (Wildman–Crippen LogP) is 1.60. The van der Waals surface area contributed by atoms with Gasteiger partial charge in [-0.25, -0.2) is 0 Å². The summed E-state index contributed by atoms with van der Waals surface area (Å²) in [6.07, 6.45) is 0.948. The van der Waals surface area contributed by atoms with Crippen LogP contribution in [-0.2, 0) is 14.4 Å². The number of carbonyl (C=O) groups is 3. The Labute approximate surface area is 140 Å². The molecule has 0 radical (unpaired) electrons. The number of fused-ring (bicyclic) bond motifs is 1. The molecule has 1 aromatic rings. The molecule has 7 heteroatoms. The number of nitrogens with zero attached hydrogens (tertiary/aromatic N) is 1. The average molecular weight is 331 g/mol. The maximum absolute atomic E-state index is 12.4. The van der Waals surface area contributed by atoms with E-state index in [4.69, 9.17) is 4.74 Å². The van der Waals surface area contributed by atoms with Gasteiger partial charge >= 0.3 is 0 Å². The number of imide groups is 1. The Morgan fingerprint density at radius 3 is 2.88 bits per heavy atom. The summed E-state index contributed by atoms with van der Waals surface area (Å²) in [4.78, 5) is 37.2. The molecule has 0 spiro atoms. The van der Waals surface area contributed by atoms with E-state index in [1.807, 2.05) is 0 Å². The molecule has 3 amide bonds. The zero-order valence-corrected chi connectivity index (χ0v) is 13.8. The second-order valence-electron chi connectivity index (χ2n) is 6.51. The molecule has 24 heavy (non-hydrogen) atoms. The van der Waals surface area contributed by atoms with Gasteiger partial charge in [0.05, 0.1) is 12.1 Å². The first kappa shape index (κ1) is 16.3. The van der Waals surface area contributed by atoms with E-state index in [9.17, 15) is 14.4 Å². The molecule has 3 rings (SSSR count). The van der Waals surface area contributed by atoms with E-state index < -0.39 is 6.04 Å². The second-order valence-corrected chi connectivity index (χ2v) is 6.51. The van der Waals surface area contributed by atoms with Crippen molar-refractivity contribution in [1.82, 2.24) is 4.90 Å². The van der Waals surface area contributed by atoms with Gasteiger partial charge in [-0.05, 0) is 30.5 Å². The molecule has 1 aromatic carbocycles. The molecule has 0 bridgehead atoms. The van der Waals surface area contributed by atoms with Crippen LogP contribution in [0.4, 0.5) is 11.4 Å². The van der Waals surface area contributed by atoms with E-state index in [-0.39, 0.29) is 30.7 Å². The lowest BCUT2D eigenvalue weighted by atomic mass is 10.1. The van der Waals surface area contributed by atoms with Crippen LogP contribution in [0.5, 0.6) is 5.75 Å². The molecule has 2 aliphatic heterocycles. The highest BCUT2D eigenvalue weighted by molar-refractivity contribution is 6.07. The normalized spacial score (nSPS) is 20.0. The molecule has 7 nitrogen and oxygen atoms in total. The van der Waals surface area contributed by atoms with Gasteiger partial charge in [-0.2, -0.15) is 0 Å². The SMILES string of the molecule is CC(C)CCN1C(=O)C[C@@H](Nc2ccc3c(c2)NC(=O)CO3)C1=O. The first-order valence-electron chi connectivity index (χ1n) is 8.11. The Bertz CT molecular complexity index is 686. The number of likely N-dealkylation sites (tertiary alicyclic amines) is 1. The zero-order valence-electron chi connectivity index (χ0n) is 13.8. The van der Waals surface area contributed by atoms with Crippen molar-refractivity contribution < 1.29 is 19.1 Å². The number of anilines is 2. The molecule has 0 unspecified atom stereocenters. The molecule has 0 aliphatic carbocycles. The first-order chi connectivity index (χ1) is 11.4. The monoisotopic (exact) mass is 331 g/mol. The zero-order chi connectivity index (χ0) is 17.3. The Balaban J connectivity index is 1.68. The smallest absolute Gasteiger partial charge is 0.262 e. The number of carbonyl (C=O) groups excluding carboxylic acids is 3. The van der Waals surface area contributed by atoms with Gasteiger partial charge in [0.1, 0.15) is 11.8 Å². The minimum Gasteiger partial charge on any atom is -0.482 e. The fourth-order valence-corrected chi connectivity index (χ4v) is 2.79. The van der Waals surface area contributed by atoms with Crippen LogP contribution in [0.3, 0.4) is 0 Å². The molecule has 0 saturated carbocycles. The Kier molecular flexibility index (Phi) is 4.42. The lowest BCUT2D eigenvalue weighted by Crippen LogP contribution is -2.36. The van der Waals surface area contributed by atoms with Crippen molar-refractivity contribution in [2.24, 2.45) is 5.92 Å². The maximum atomic E-state index is 12.4. The number of amides is 3. The van der Waals surface area contributed by atoms with Crippen molar-refractivity contribution in [3.63, 3.8) is 0 Å². The van der Waals surface area contributed by atoms with Crippen molar-refractivity contribution in [1.29, 1.82) is 0 Å². The average Bonchev–Trinajstić information content (AvgIpc) is 2.79. The summed E-state index contributed by atoms with van der Waals surface area (Å²) in [6.45, 7) is 4.58. The highest BCUT2D eigenvalue weighted by atomic mass is 16.5. The molecule has 2 N–H and O–H groups in total. The van der Waals surface area contributed by atoms with E-state index in [1.165, 1.54) is 4.90 Å². The van der Waals surface area contributed by atoms with Crippen LogP contribution < -0.4 is 15.4 Å². The van der Waals surface area contributed by atoms with Crippen LogP contribution in [0.1, 0.15) is 26.7 Å². The van der Waals surface area contributed by atoms with Crippen molar-refractivity contribution in [2.45, 2.75) is 32.7 Å². The largest absolute Gasteiger partial charge is 0.482 e. The van der Waals surface area contributed by atoms with Crippen LogP contribution in [-0.4, -0.2) is 41.8 Å². The first-order valence-corrected chi connectivity index (χ1v) is 8.11. The van der Waals surface area contributed by atoms with Crippen LogP contribution in [0.2, 0.25) is 0 Å². The summed E-state index contributed by atoms with van der Waals surface area (Å²) in [5.74, 6) is 0.465. The summed E-state index contributed by atoms with van der Waals surface area (Å²) in [6, 6.07) is 4.64. The maximum Gasteiger partial charge on any atom is 0.262 e. The van der Waals surface area contributed by atoms with Crippen molar-refractivity contribution >= 4 is 29.1 Å². The van der Waals surface area contributed by atoms with Crippen LogP contribution >= 0.6 is 0 Å². The van der Waals surface area contributed by atoms with E-state index in [0.29, 0.717) is 29.6 Å². The third-order valence-electron chi connectivity index (χ3n) is 4.13. The second kappa shape index (κ2) is 6.51. The number of ether oxygens (including phenoxy) is 1. The van der Waals surface area contributed by atoms with E-state index in [1.54, 1.807) is 18.2 Å². The van der Waals surface area contributed by atoms with Crippen LogP contribution in [0, 0.1) is 5.92 Å². The van der Waals surface area contributed by atoms with E-state index >= 15 is 0 Å². The minimum atomic E-state index is -0.567. The molecule has 2 aliphatic rings. The van der Waals surface area contributed by atoms with E-state index in [0.717, 1.165) is 6.42 Å². The third-order valence-corrected chi connectivity index (χ3v) is 4.13. The third kappa shape index (κ3) is 3.34. The topological polar surface area (TPSA) is 87.7 Å². The highest BCUT2D eigenvalue weighted by Gasteiger charge is 2.38. The molecule has 2 heterocycles. The van der Waals surface area contributed by atoms with Gasteiger partial charge in [0.25, 0.3) is 11.8 Å². The quantitative estimate of drug-likeness (QED) is 0.800. The fourth-order valence-electron chi connectivity index (χ4n) is 2.79. The molecule has 1 fully saturated rings. The standard InChI is InChI=1S/C17H21N3O4/c1-10(2)5-6-20-16(22)8-13(17(20)23)18-11-3-4-14-12(7-11)19-15(21)9-24-14/h3-4,7,10,13,18H,5-6,8-9H2,1-2H3,(H,19,21)/t13-/m1/s1. The van der Waals surface area contributed by atoms with Gasteiger partial charge in [0.2, 0.25) is 5.91 Å². The van der Waals surface area contributed by atoms with Gasteiger partial charge < -0.3 is 15.4 Å². The highest BCUT2D eigenvalue weighted by Crippen LogP contribution is 2.31. The molecule has 128 valence electrons. The fraction of sp³-hybridized carbons (Fsp3) is 0.471. The number of hydrogen-bond donors (Lipinski definition) is 2. The number of rotatable bonds is 5. The summed E-state index contributed by atoms with van der Waals surface area (Å²) in [7, 11) is 0. The number of nitrogens with one attached hydrogen (secondary N) is 2. The van der Waals surface area contributed by atoms with Gasteiger partial charge in [0.15, 0.2) is 6.61 Å². The molecule has 1 atom stereocenters. The van der Waals surface area contributed by atoms with Crippen LogP contribution in [0.15, 0.2) is 18.2 Å². The van der Waals surface area contributed by atoms with Gasteiger partial charge in [-0.15, -0.1) is 0 Å². The summed E-state index contributed by atoms with van der Waals surface area (Å²) in [5, 5.41) is 5.81. The van der Waals surface area contributed by atoms with E-state index in [2.05, 4.69) is 24.5 Å². The Morgan fingerprint density at radius 2 is 2.12 bits per heavy atom. The summed E-state index contributed by atoms with van der Waals surface area (Å²) < 4.78 is 5.30. The lowest BCUT2D eigenvalue weighted by molar-refractivity contribution is -0.138. The number of hydrogen-bond acceptors (Lipinski definition) is 5. The Morgan fingerprint density at radius 1 is 1.33 bits per heavy atom. The van der Waals surface area contributed by atoms with Crippen LogP contribution in [0.25, 0.3) is 0 Å². The predicted molar refractivity (Wildman–Crippen MR) is 88.8 cm³/mol. The lowest BCUT2D eigenvalue weighted by Gasteiger charge is -2.20. The molecule has 0 aromatic heterocycles. The summed E-state index contributed by atoms with van der Waals surface area (Å²) >= 11 is 0. The van der Waals surface area contributed by atoms with Gasteiger partial charge in [-0.1, -0.05) is 13.8 Å². The van der Waals surface area contributed by atoms with Gasteiger partial charge in [-0.3, -0.25) is 19.3 Å². The molecular formula is C17H21N3O4. The van der Waals surface area contributed by atoms with Crippen molar-refractivity contribution in [3.05, 3.63) is 18.2 Å². The molecule has 1 saturated heterocycles. The number of benzene rings is 1. The van der Waals surface area contributed by atoms with Gasteiger partial charge in [0, 0.05) is 12.2 Å². The minimum absolute atomic E-state index is 0.000198. The van der Waals surface area contributed by atoms with Crippen molar-refractivity contribution in [2.75, 3.05) is 23.8 Å².